The molecule has 1 heterocycles. The van der Waals surface area contributed by atoms with E-state index in [1.807, 2.05) is 0 Å². The lowest BCUT2D eigenvalue weighted by Gasteiger charge is -2.41. The van der Waals surface area contributed by atoms with E-state index in [9.17, 15) is 0 Å². The standard InChI is InChI=1S/C14H30N2/c1-6-14(7-9-15-10-8-14)12-16(5)11-13(2,3)4/h15H,6-12H2,1-5H3. The molecule has 1 rings (SSSR count). The van der Waals surface area contributed by atoms with Crippen LogP contribution in [0.5, 0.6) is 0 Å². The molecule has 0 aromatic rings. The normalized spacial score (nSPS) is 21.4. The summed E-state index contributed by atoms with van der Waals surface area (Å²) in [6, 6.07) is 0. The summed E-state index contributed by atoms with van der Waals surface area (Å²) in [6.07, 6.45) is 4.01. The third kappa shape index (κ3) is 4.42. The number of hydrogen-bond acceptors (Lipinski definition) is 2. The third-order valence-corrected chi connectivity index (χ3v) is 3.76. The lowest BCUT2D eigenvalue weighted by molar-refractivity contribution is 0.101. The maximum atomic E-state index is 3.48. The third-order valence-electron chi connectivity index (χ3n) is 3.76. The van der Waals surface area contributed by atoms with Gasteiger partial charge in [-0.3, -0.25) is 0 Å². The summed E-state index contributed by atoms with van der Waals surface area (Å²) in [4.78, 5) is 2.54. The molecule has 0 radical (unpaired) electrons. The van der Waals surface area contributed by atoms with Crippen molar-refractivity contribution in [3.8, 4) is 0 Å². The van der Waals surface area contributed by atoms with E-state index in [4.69, 9.17) is 0 Å². The highest BCUT2D eigenvalue weighted by Gasteiger charge is 2.31. The molecule has 0 aromatic carbocycles. The van der Waals surface area contributed by atoms with Gasteiger partial charge >= 0.3 is 0 Å². The van der Waals surface area contributed by atoms with Crippen LogP contribution in [0, 0.1) is 10.8 Å². The Kier molecular flexibility index (Phi) is 4.81. The van der Waals surface area contributed by atoms with Gasteiger partial charge in [0.05, 0.1) is 0 Å². The molecule has 0 amide bonds. The van der Waals surface area contributed by atoms with Gasteiger partial charge in [0.2, 0.25) is 0 Å². The molecule has 0 unspecified atom stereocenters. The molecule has 1 fully saturated rings. The van der Waals surface area contributed by atoms with E-state index in [2.05, 4.69) is 45.0 Å². The van der Waals surface area contributed by atoms with Gasteiger partial charge in [0, 0.05) is 13.1 Å². The van der Waals surface area contributed by atoms with Crippen molar-refractivity contribution >= 4 is 0 Å². The molecule has 2 nitrogen and oxygen atoms in total. The molecule has 96 valence electrons. The zero-order valence-electron chi connectivity index (χ0n) is 11.9. The quantitative estimate of drug-likeness (QED) is 0.793. The summed E-state index contributed by atoms with van der Waals surface area (Å²) in [5, 5.41) is 3.48. The minimum absolute atomic E-state index is 0.413. The van der Waals surface area contributed by atoms with Crippen molar-refractivity contribution in [3.63, 3.8) is 0 Å². The molecule has 0 aromatic heterocycles. The fourth-order valence-corrected chi connectivity index (χ4v) is 3.02. The molecule has 1 saturated heterocycles. The van der Waals surface area contributed by atoms with Crippen molar-refractivity contribution in [3.05, 3.63) is 0 Å². The van der Waals surface area contributed by atoms with Crippen LogP contribution in [0.2, 0.25) is 0 Å². The number of piperidine rings is 1. The van der Waals surface area contributed by atoms with Gasteiger partial charge in [0.15, 0.2) is 0 Å². The van der Waals surface area contributed by atoms with Crippen LogP contribution >= 0.6 is 0 Å². The monoisotopic (exact) mass is 226 g/mol. The molecular weight excluding hydrogens is 196 g/mol. The Bertz CT molecular complexity index is 199. The first-order chi connectivity index (χ1) is 7.37. The second-order valence-corrected chi connectivity index (χ2v) is 6.84. The largest absolute Gasteiger partial charge is 0.317 e. The van der Waals surface area contributed by atoms with Crippen LogP contribution in [0.3, 0.4) is 0 Å². The van der Waals surface area contributed by atoms with Crippen molar-refractivity contribution in [2.24, 2.45) is 10.8 Å². The second kappa shape index (κ2) is 5.50. The van der Waals surface area contributed by atoms with E-state index >= 15 is 0 Å². The smallest absolute Gasteiger partial charge is 0.00360 e. The average molecular weight is 226 g/mol. The van der Waals surface area contributed by atoms with Crippen LogP contribution < -0.4 is 5.32 Å². The minimum Gasteiger partial charge on any atom is -0.317 e. The van der Waals surface area contributed by atoms with Gasteiger partial charge in [0.25, 0.3) is 0 Å². The predicted octanol–water partition coefficient (Wildman–Crippen LogP) is 2.74. The highest BCUT2D eigenvalue weighted by Crippen LogP contribution is 2.33. The first-order valence-corrected chi connectivity index (χ1v) is 6.76. The molecule has 2 heteroatoms. The van der Waals surface area contributed by atoms with E-state index in [1.54, 1.807) is 0 Å². The molecule has 1 N–H and O–H groups in total. The fourth-order valence-electron chi connectivity index (χ4n) is 3.02. The Labute approximate surface area is 102 Å². The van der Waals surface area contributed by atoms with Crippen LogP contribution in [0.4, 0.5) is 0 Å². The van der Waals surface area contributed by atoms with Crippen molar-refractivity contribution in [2.75, 3.05) is 33.2 Å². The number of rotatable bonds is 4. The Morgan fingerprint density at radius 3 is 2.19 bits per heavy atom. The highest BCUT2D eigenvalue weighted by molar-refractivity contribution is 4.86. The molecule has 0 saturated carbocycles. The maximum Gasteiger partial charge on any atom is 0.00360 e. The Morgan fingerprint density at radius 2 is 1.75 bits per heavy atom. The van der Waals surface area contributed by atoms with E-state index in [1.165, 1.54) is 45.4 Å². The Morgan fingerprint density at radius 1 is 1.19 bits per heavy atom. The SMILES string of the molecule is CCC1(CN(C)CC(C)(C)C)CCNCC1. The zero-order valence-corrected chi connectivity index (χ0v) is 11.9. The van der Waals surface area contributed by atoms with Gasteiger partial charge in [0.1, 0.15) is 0 Å². The van der Waals surface area contributed by atoms with Crippen LogP contribution in [0.25, 0.3) is 0 Å². The van der Waals surface area contributed by atoms with Crippen LogP contribution in [0.1, 0.15) is 47.0 Å². The second-order valence-electron chi connectivity index (χ2n) is 6.84. The van der Waals surface area contributed by atoms with Crippen molar-refractivity contribution in [1.82, 2.24) is 10.2 Å². The molecule has 0 aliphatic carbocycles. The Balaban J connectivity index is 2.48. The van der Waals surface area contributed by atoms with Crippen molar-refractivity contribution in [2.45, 2.75) is 47.0 Å². The zero-order chi connectivity index (χ0) is 12.2. The molecule has 0 spiro atoms. The Hall–Kier alpha value is -0.0800. The van der Waals surface area contributed by atoms with E-state index in [-0.39, 0.29) is 0 Å². The molecule has 1 aliphatic rings. The van der Waals surface area contributed by atoms with Gasteiger partial charge in [-0.05, 0) is 50.2 Å². The van der Waals surface area contributed by atoms with Crippen molar-refractivity contribution in [1.29, 1.82) is 0 Å². The summed E-state index contributed by atoms with van der Waals surface area (Å²) in [6.45, 7) is 14.2. The predicted molar refractivity (Wildman–Crippen MR) is 71.8 cm³/mol. The number of nitrogens with zero attached hydrogens (tertiary/aromatic N) is 1. The summed E-state index contributed by atoms with van der Waals surface area (Å²) < 4.78 is 0. The van der Waals surface area contributed by atoms with Crippen LogP contribution in [-0.4, -0.2) is 38.1 Å². The number of nitrogens with one attached hydrogen (secondary N) is 1. The summed E-state index contributed by atoms with van der Waals surface area (Å²) >= 11 is 0. The van der Waals surface area contributed by atoms with Crippen LogP contribution in [-0.2, 0) is 0 Å². The lowest BCUT2D eigenvalue weighted by atomic mass is 9.76. The van der Waals surface area contributed by atoms with Gasteiger partial charge in [-0.25, -0.2) is 0 Å². The molecular formula is C14H30N2. The maximum absolute atomic E-state index is 3.48. The molecule has 1 aliphatic heterocycles. The highest BCUT2D eigenvalue weighted by atomic mass is 15.1. The van der Waals surface area contributed by atoms with Gasteiger partial charge in [-0.1, -0.05) is 27.7 Å². The average Bonchev–Trinajstić information content (AvgIpc) is 2.16. The number of hydrogen-bond donors (Lipinski definition) is 1. The van der Waals surface area contributed by atoms with Crippen LogP contribution in [0.15, 0.2) is 0 Å². The van der Waals surface area contributed by atoms with E-state index < -0.39 is 0 Å². The van der Waals surface area contributed by atoms with Gasteiger partial charge in [-0.2, -0.15) is 0 Å². The fraction of sp³-hybridized carbons (Fsp3) is 1.00. The van der Waals surface area contributed by atoms with E-state index in [0.29, 0.717) is 10.8 Å². The molecule has 0 bridgehead atoms. The first-order valence-electron chi connectivity index (χ1n) is 6.76. The molecule has 0 atom stereocenters. The summed E-state index contributed by atoms with van der Waals surface area (Å²) in [5.41, 5.74) is 0.988. The van der Waals surface area contributed by atoms with Gasteiger partial charge in [-0.15, -0.1) is 0 Å². The lowest BCUT2D eigenvalue weighted by Crippen LogP contribution is -2.45. The van der Waals surface area contributed by atoms with Crippen molar-refractivity contribution < 1.29 is 0 Å². The first kappa shape index (κ1) is 14.0. The van der Waals surface area contributed by atoms with Gasteiger partial charge < -0.3 is 10.2 Å². The summed E-state index contributed by atoms with van der Waals surface area (Å²) in [7, 11) is 2.28. The van der Waals surface area contributed by atoms with E-state index in [0.717, 1.165) is 0 Å². The molecule has 16 heavy (non-hydrogen) atoms. The topological polar surface area (TPSA) is 15.3 Å². The summed E-state index contributed by atoms with van der Waals surface area (Å²) in [5.74, 6) is 0. The minimum atomic E-state index is 0.413.